The molecule has 0 N–H and O–H groups in total. The summed E-state index contributed by atoms with van der Waals surface area (Å²) in [6.45, 7) is 8.28. The molecule has 9 heteroatoms. The molecule has 154 valence electrons. The van der Waals surface area contributed by atoms with Gasteiger partial charge in [0, 0.05) is 12.6 Å². The number of aldehydes is 1. The highest BCUT2D eigenvalue weighted by Gasteiger charge is 2.52. The lowest BCUT2D eigenvalue weighted by molar-refractivity contribution is -0.00831. The molecule has 1 saturated heterocycles. The smallest absolute Gasteiger partial charge is 0.467 e. The highest BCUT2D eigenvalue weighted by atomic mass is 16.7. The Morgan fingerprint density at radius 1 is 1.11 bits per heavy atom. The van der Waals surface area contributed by atoms with E-state index in [0.717, 1.165) is 0 Å². The van der Waals surface area contributed by atoms with Crippen molar-refractivity contribution < 1.29 is 37.8 Å². The fourth-order valence-corrected chi connectivity index (χ4v) is 2.61. The Morgan fingerprint density at radius 3 is 2.29 bits per heavy atom. The van der Waals surface area contributed by atoms with Crippen molar-refractivity contribution in [1.82, 2.24) is 0 Å². The van der Waals surface area contributed by atoms with Gasteiger partial charge in [0.25, 0.3) is 0 Å². The predicted molar refractivity (Wildman–Crippen MR) is 102 cm³/mol. The van der Waals surface area contributed by atoms with Crippen molar-refractivity contribution in [2.45, 2.75) is 38.9 Å². The van der Waals surface area contributed by atoms with Crippen molar-refractivity contribution in [3.05, 3.63) is 23.3 Å². The minimum atomic E-state index is -0.831. The van der Waals surface area contributed by atoms with Gasteiger partial charge in [0.05, 0.1) is 42.7 Å². The largest absolute Gasteiger partial charge is 0.498 e. The standard InChI is InChI=1S/C19H27BO8/c1-18(2)19(3,4)28-20(27-18)15-10-13(17(22)24-6)9-14(11-21)16(15)26-12-25-8-7-23-5/h9-11H,7-8,12H2,1-6H3. The third kappa shape index (κ3) is 4.72. The molecular weight excluding hydrogens is 367 g/mol. The number of rotatable bonds is 9. The molecule has 0 radical (unpaired) electrons. The molecule has 0 aliphatic carbocycles. The first kappa shape index (κ1) is 22.4. The summed E-state index contributed by atoms with van der Waals surface area (Å²) < 4.78 is 32.9. The molecule has 28 heavy (non-hydrogen) atoms. The monoisotopic (exact) mass is 394 g/mol. The molecule has 1 heterocycles. The number of carbonyl (C=O) groups is 2. The van der Waals surface area contributed by atoms with E-state index >= 15 is 0 Å². The number of hydrogen-bond acceptors (Lipinski definition) is 8. The zero-order valence-electron chi connectivity index (χ0n) is 17.2. The van der Waals surface area contributed by atoms with E-state index in [1.54, 1.807) is 13.2 Å². The van der Waals surface area contributed by atoms with Crippen LogP contribution in [0.2, 0.25) is 0 Å². The van der Waals surface area contributed by atoms with Gasteiger partial charge in [-0.3, -0.25) is 4.79 Å². The number of benzene rings is 1. The van der Waals surface area contributed by atoms with Crippen molar-refractivity contribution in [2.75, 3.05) is 34.2 Å². The highest BCUT2D eigenvalue weighted by Crippen LogP contribution is 2.37. The van der Waals surface area contributed by atoms with E-state index < -0.39 is 24.3 Å². The number of esters is 1. The quantitative estimate of drug-likeness (QED) is 0.205. The van der Waals surface area contributed by atoms with E-state index in [1.165, 1.54) is 13.2 Å². The van der Waals surface area contributed by atoms with Crippen LogP contribution in [0.5, 0.6) is 5.75 Å². The zero-order valence-corrected chi connectivity index (χ0v) is 17.2. The first-order valence-corrected chi connectivity index (χ1v) is 8.93. The van der Waals surface area contributed by atoms with Gasteiger partial charge in [-0.1, -0.05) is 0 Å². The van der Waals surface area contributed by atoms with E-state index in [-0.39, 0.29) is 23.7 Å². The minimum Gasteiger partial charge on any atom is -0.467 e. The van der Waals surface area contributed by atoms with Gasteiger partial charge < -0.3 is 28.3 Å². The lowest BCUT2D eigenvalue weighted by Gasteiger charge is -2.32. The van der Waals surface area contributed by atoms with Crippen molar-refractivity contribution in [3.63, 3.8) is 0 Å². The van der Waals surface area contributed by atoms with Gasteiger partial charge in [-0.2, -0.15) is 0 Å². The molecule has 1 fully saturated rings. The normalized spacial score (nSPS) is 17.4. The van der Waals surface area contributed by atoms with Crippen LogP contribution in [-0.4, -0.2) is 64.8 Å². The lowest BCUT2D eigenvalue weighted by atomic mass is 9.76. The van der Waals surface area contributed by atoms with Crippen molar-refractivity contribution in [2.24, 2.45) is 0 Å². The molecule has 2 rings (SSSR count). The van der Waals surface area contributed by atoms with Crippen LogP contribution in [0.15, 0.2) is 12.1 Å². The molecule has 0 bridgehead atoms. The summed E-state index contributed by atoms with van der Waals surface area (Å²) in [5.74, 6) is -0.345. The fourth-order valence-electron chi connectivity index (χ4n) is 2.61. The third-order valence-corrected chi connectivity index (χ3v) is 4.92. The summed E-state index contributed by atoms with van der Waals surface area (Å²) in [7, 11) is 2.00. The second kappa shape index (κ2) is 9.04. The predicted octanol–water partition coefficient (Wildman–Crippen LogP) is 1.58. The second-order valence-corrected chi connectivity index (χ2v) is 7.34. The van der Waals surface area contributed by atoms with Gasteiger partial charge in [-0.25, -0.2) is 4.79 Å². The minimum absolute atomic E-state index is 0.103. The first-order valence-electron chi connectivity index (χ1n) is 8.93. The Bertz CT molecular complexity index is 700. The first-order chi connectivity index (χ1) is 13.2. The van der Waals surface area contributed by atoms with E-state index in [0.29, 0.717) is 25.0 Å². The van der Waals surface area contributed by atoms with E-state index in [4.69, 9.17) is 28.3 Å². The average Bonchev–Trinajstić information content (AvgIpc) is 2.87. The topological polar surface area (TPSA) is 89.5 Å². The summed E-state index contributed by atoms with van der Waals surface area (Å²) >= 11 is 0. The van der Waals surface area contributed by atoms with E-state index in [1.807, 2.05) is 27.7 Å². The molecule has 1 aliphatic heterocycles. The van der Waals surface area contributed by atoms with Gasteiger partial charge in [0.15, 0.2) is 13.1 Å². The van der Waals surface area contributed by atoms with Crippen LogP contribution in [0.1, 0.15) is 48.4 Å². The molecule has 0 unspecified atom stereocenters. The molecular formula is C19H27BO8. The molecule has 1 aromatic rings. The maximum Gasteiger partial charge on any atom is 0.498 e. The van der Waals surface area contributed by atoms with Crippen LogP contribution in [-0.2, 0) is 23.5 Å². The number of carbonyl (C=O) groups excluding carboxylic acids is 2. The molecule has 0 atom stereocenters. The fraction of sp³-hybridized carbons (Fsp3) is 0.579. The molecule has 1 aromatic carbocycles. The van der Waals surface area contributed by atoms with Gasteiger partial charge >= 0.3 is 13.1 Å². The van der Waals surface area contributed by atoms with Gasteiger partial charge in [-0.15, -0.1) is 0 Å². The Balaban J connectivity index is 2.41. The maximum atomic E-state index is 12.0. The second-order valence-electron chi connectivity index (χ2n) is 7.34. The Hall–Kier alpha value is -1.94. The van der Waals surface area contributed by atoms with Crippen molar-refractivity contribution in [1.29, 1.82) is 0 Å². The van der Waals surface area contributed by atoms with Crippen LogP contribution in [0.3, 0.4) is 0 Å². The van der Waals surface area contributed by atoms with Crippen LogP contribution >= 0.6 is 0 Å². The lowest BCUT2D eigenvalue weighted by Crippen LogP contribution is -2.41. The number of ether oxygens (including phenoxy) is 4. The third-order valence-electron chi connectivity index (χ3n) is 4.92. The highest BCUT2D eigenvalue weighted by molar-refractivity contribution is 6.63. The van der Waals surface area contributed by atoms with Gasteiger partial charge in [0.1, 0.15) is 5.75 Å². The summed E-state index contributed by atoms with van der Waals surface area (Å²) in [4.78, 5) is 23.7. The number of hydrogen-bond donors (Lipinski definition) is 0. The van der Waals surface area contributed by atoms with Crippen molar-refractivity contribution in [3.8, 4) is 5.75 Å². The molecule has 0 saturated carbocycles. The maximum absolute atomic E-state index is 12.0. The van der Waals surface area contributed by atoms with E-state index in [9.17, 15) is 9.59 Å². The molecule has 0 spiro atoms. The molecule has 1 aliphatic rings. The summed E-state index contributed by atoms with van der Waals surface area (Å²) in [6.07, 6.45) is 0.603. The summed E-state index contributed by atoms with van der Waals surface area (Å²) in [5.41, 5.74) is -0.428. The van der Waals surface area contributed by atoms with Gasteiger partial charge in [0.2, 0.25) is 0 Å². The van der Waals surface area contributed by atoms with Gasteiger partial charge in [-0.05, 0) is 39.8 Å². The Labute approximate surface area is 165 Å². The summed E-state index contributed by atoms with van der Waals surface area (Å²) in [6, 6.07) is 2.95. The molecule has 8 nitrogen and oxygen atoms in total. The Kier molecular flexibility index (Phi) is 7.22. The van der Waals surface area contributed by atoms with Crippen LogP contribution in [0.25, 0.3) is 0 Å². The van der Waals surface area contributed by atoms with Crippen molar-refractivity contribution >= 4 is 24.8 Å². The van der Waals surface area contributed by atoms with Crippen LogP contribution in [0.4, 0.5) is 0 Å². The molecule has 0 amide bonds. The molecule has 0 aromatic heterocycles. The summed E-state index contributed by atoms with van der Waals surface area (Å²) in [5, 5.41) is 0. The average molecular weight is 394 g/mol. The number of methoxy groups -OCH3 is 2. The van der Waals surface area contributed by atoms with Crippen LogP contribution in [0, 0.1) is 0 Å². The Morgan fingerprint density at radius 2 is 1.75 bits per heavy atom. The van der Waals surface area contributed by atoms with E-state index in [2.05, 4.69) is 0 Å². The van der Waals surface area contributed by atoms with Crippen LogP contribution < -0.4 is 10.2 Å². The SMILES string of the molecule is COCCOCOc1c(C=O)cc(C(=O)OC)cc1B1OC(C)(C)C(C)(C)O1. The zero-order chi connectivity index (χ0) is 20.9.